The highest BCUT2D eigenvalue weighted by molar-refractivity contribution is 7.80. The second-order valence-electron chi connectivity index (χ2n) is 5.84. The first-order chi connectivity index (χ1) is 13.5. The maximum atomic E-state index is 13.2. The van der Waals surface area contributed by atoms with Gasteiger partial charge in [0.05, 0.1) is 5.02 Å². The van der Waals surface area contributed by atoms with Gasteiger partial charge in [0.2, 0.25) is 0 Å². The second kappa shape index (κ2) is 9.30. The smallest absolute Gasteiger partial charge is 0.257 e. The molecule has 0 saturated heterocycles. The summed E-state index contributed by atoms with van der Waals surface area (Å²) in [5, 5.41) is 5.39. The highest BCUT2D eigenvalue weighted by atomic mass is 35.5. The molecule has 0 aliphatic carbocycles. The van der Waals surface area contributed by atoms with E-state index in [0.29, 0.717) is 23.6 Å². The minimum atomic E-state index is -0.531. The lowest BCUT2D eigenvalue weighted by Gasteiger charge is -2.11. The van der Waals surface area contributed by atoms with Gasteiger partial charge in [0, 0.05) is 11.3 Å². The van der Waals surface area contributed by atoms with Crippen LogP contribution in [0.4, 0.5) is 10.1 Å². The minimum absolute atomic E-state index is 0.0368. The van der Waals surface area contributed by atoms with Crippen LogP contribution in [0.3, 0.4) is 0 Å². The molecule has 0 aromatic heterocycles. The van der Waals surface area contributed by atoms with E-state index < -0.39 is 5.82 Å². The van der Waals surface area contributed by atoms with Crippen LogP contribution in [0.25, 0.3) is 0 Å². The first kappa shape index (κ1) is 19.8. The van der Waals surface area contributed by atoms with Crippen LogP contribution in [0.2, 0.25) is 5.02 Å². The zero-order valence-corrected chi connectivity index (χ0v) is 16.2. The fourth-order valence-electron chi connectivity index (χ4n) is 2.35. The van der Waals surface area contributed by atoms with E-state index in [0.717, 1.165) is 5.56 Å². The van der Waals surface area contributed by atoms with Crippen LogP contribution in [-0.4, -0.2) is 11.0 Å². The average Bonchev–Trinajstić information content (AvgIpc) is 2.70. The summed E-state index contributed by atoms with van der Waals surface area (Å²) in [4.78, 5) is 12.3. The van der Waals surface area contributed by atoms with Gasteiger partial charge in [-0.25, -0.2) is 4.39 Å². The van der Waals surface area contributed by atoms with Crippen molar-refractivity contribution in [1.82, 2.24) is 5.32 Å². The lowest BCUT2D eigenvalue weighted by molar-refractivity contribution is 0.0977. The largest absolute Gasteiger partial charge is 0.489 e. The molecule has 28 heavy (non-hydrogen) atoms. The number of carbonyl (C=O) groups is 1. The van der Waals surface area contributed by atoms with Crippen LogP contribution in [0.5, 0.6) is 5.75 Å². The molecule has 3 aromatic rings. The van der Waals surface area contributed by atoms with Gasteiger partial charge in [-0.3, -0.25) is 10.1 Å². The van der Waals surface area contributed by atoms with Crippen molar-refractivity contribution in [2.75, 3.05) is 5.32 Å². The Labute approximate surface area is 172 Å². The maximum Gasteiger partial charge on any atom is 0.257 e. The number of nitrogens with one attached hydrogen (secondary N) is 2. The van der Waals surface area contributed by atoms with E-state index in [4.69, 9.17) is 28.6 Å². The summed E-state index contributed by atoms with van der Waals surface area (Å²) in [6.45, 7) is 0.445. The highest BCUT2D eigenvalue weighted by Crippen LogP contribution is 2.19. The molecule has 2 N–H and O–H groups in total. The number of amides is 1. The molecule has 0 spiro atoms. The Morgan fingerprint density at radius 3 is 2.43 bits per heavy atom. The van der Waals surface area contributed by atoms with E-state index in [1.54, 1.807) is 24.3 Å². The van der Waals surface area contributed by atoms with E-state index in [2.05, 4.69) is 10.6 Å². The van der Waals surface area contributed by atoms with Gasteiger partial charge < -0.3 is 10.1 Å². The molecule has 0 atom stereocenters. The van der Waals surface area contributed by atoms with E-state index >= 15 is 0 Å². The van der Waals surface area contributed by atoms with Crippen molar-refractivity contribution in [3.8, 4) is 5.75 Å². The van der Waals surface area contributed by atoms with Crippen molar-refractivity contribution < 1.29 is 13.9 Å². The molecule has 0 heterocycles. The first-order valence-corrected chi connectivity index (χ1v) is 9.14. The van der Waals surface area contributed by atoms with Crippen molar-refractivity contribution in [3.05, 3.63) is 94.8 Å². The molecular weight excluding hydrogens is 399 g/mol. The summed E-state index contributed by atoms with van der Waals surface area (Å²) in [7, 11) is 0. The van der Waals surface area contributed by atoms with E-state index in [9.17, 15) is 9.18 Å². The monoisotopic (exact) mass is 414 g/mol. The van der Waals surface area contributed by atoms with Crippen molar-refractivity contribution in [2.24, 2.45) is 0 Å². The summed E-state index contributed by atoms with van der Waals surface area (Å²) in [5.41, 5.74) is 1.95. The molecule has 0 radical (unpaired) electrons. The molecule has 142 valence electrons. The topological polar surface area (TPSA) is 50.4 Å². The number of hydrogen-bond acceptors (Lipinski definition) is 3. The zero-order valence-electron chi connectivity index (χ0n) is 14.6. The van der Waals surface area contributed by atoms with Gasteiger partial charge in [0.25, 0.3) is 5.91 Å². The maximum absolute atomic E-state index is 13.2. The molecule has 0 saturated carbocycles. The number of halogens is 2. The third kappa shape index (κ3) is 5.52. The normalized spacial score (nSPS) is 10.2. The van der Waals surface area contributed by atoms with Gasteiger partial charge in [-0.15, -0.1) is 0 Å². The number of carbonyl (C=O) groups excluding carboxylic acids is 1. The van der Waals surface area contributed by atoms with Crippen LogP contribution in [0, 0.1) is 5.82 Å². The minimum Gasteiger partial charge on any atom is -0.489 e. The van der Waals surface area contributed by atoms with E-state index in [1.807, 2.05) is 30.3 Å². The average molecular weight is 415 g/mol. The van der Waals surface area contributed by atoms with Gasteiger partial charge in [-0.05, 0) is 60.2 Å². The molecule has 3 rings (SSSR count). The number of hydrogen-bond donors (Lipinski definition) is 2. The molecule has 0 aliphatic heterocycles. The van der Waals surface area contributed by atoms with Crippen LogP contribution >= 0.6 is 23.8 Å². The molecule has 1 amide bonds. The van der Waals surface area contributed by atoms with Crippen LogP contribution in [-0.2, 0) is 6.61 Å². The van der Waals surface area contributed by atoms with Gasteiger partial charge >= 0.3 is 0 Å². The SMILES string of the molecule is O=C(NC(=S)Nc1ccc(F)c(Cl)c1)c1ccc(OCc2ccccc2)cc1. The third-order valence-corrected chi connectivity index (χ3v) is 4.26. The molecule has 0 bridgehead atoms. The number of rotatable bonds is 5. The standard InChI is InChI=1S/C21H16ClFN2O2S/c22-18-12-16(8-11-19(18)23)24-21(28)25-20(26)15-6-9-17(10-7-15)27-13-14-4-2-1-3-5-14/h1-12H,13H2,(H2,24,25,26,28). The third-order valence-electron chi connectivity index (χ3n) is 3.77. The molecular formula is C21H16ClFN2O2S. The Kier molecular flexibility index (Phi) is 6.57. The number of ether oxygens (including phenoxy) is 1. The quantitative estimate of drug-likeness (QED) is 0.564. The van der Waals surface area contributed by atoms with Crippen LogP contribution < -0.4 is 15.4 Å². The molecule has 4 nitrogen and oxygen atoms in total. The van der Waals surface area contributed by atoms with E-state index in [-0.39, 0.29) is 16.0 Å². The molecule has 3 aromatic carbocycles. The summed E-state index contributed by atoms with van der Waals surface area (Å²) >= 11 is 10.8. The Hall–Kier alpha value is -2.96. The van der Waals surface area contributed by atoms with Crippen molar-refractivity contribution in [1.29, 1.82) is 0 Å². The van der Waals surface area contributed by atoms with Crippen molar-refractivity contribution in [3.63, 3.8) is 0 Å². The Morgan fingerprint density at radius 1 is 1.04 bits per heavy atom. The Bertz CT molecular complexity index is 981. The van der Waals surface area contributed by atoms with Crippen molar-refractivity contribution >= 4 is 40.5 Å². The highest BCUT2D eigenvalue weighted by Gasteiger charge is 2.09. The Morgan fingerprint density at radius 2 is 1.75 bits per heavy atom. The second-order valence-corrected chi connectivity index (χ2v) is 6.65. The summed E-state index contributed by atoms with van der Waals surface area (Å²) in [6.07, 6.45) is 0. The fourth-order valence-corrected chi connectivity index (χ4v) is 2.75. The lowest BCUT2D eigenvalue weighted by Crippen LogP contribution is -2.34. The lowest BCUT2D eigenvalue weighted by atomic mass is 10.2. The molecule has 0 unspecified atom stereocenters. The summed E-state index contributed by atoms with van der Waals surface area (Å²) in [5.74, 6) is -0.251. The number of thiocarbonyl (C=S) groups is 1. The predicted octanol–water partition coefficient (Wildman–Crippen LogP) is 5.18. The number of benzene rings is 3. The fraction of sp³-hybridized carbons (Fsp3) is 0.0476. The Balaban J connectivity index is 1.53. The first-order valence-electron chi connectivity index (χ1n) is 8.35. The van der Waals surface area contributed by atoms with Crippen LogP contribution in [0.1, 0.15) is 15.9 Å². The molecule has 7 heteroatoms. The molecule has 0 fully saturated rings. The van der Waals surface area contributed by atoms with Crippen molar-refractivity contribution in [2.45, 2.75) is 6.61 Å². The summed E-state index contributed by atoms with van der Waals surface area (Å²) < 4.78 is 18.9. The van der Waals surface area contributed by atoms with Gasteiger partial charge in [0.1, 0.15) is 18.2 Å². The zero-order chi connectivity index (χ0) is 19.9. The van der Waals surface area contributed by atoms with E-state index in [1.165, 1.54) is 18.2 Å². The van der Waals surface area contributed by atoms with Gasteiger partial charge in [-0.2, -0.15) is 0 Å². The molecule has 0 aliphatic rings. The van der Waals surface area contributed by atoms with Gasteiger partial charge in [-0.1, -0.05) is 41.9 Å². The summed E-state index contributed by atoms with van der Waals surface area (Å²) in [6, 6.07) is 20.6. The van der Waals surface area contributed by atoms with Gasteiger partial charge in [0.15, 0.2) is 5.11 Å². The predicted molar refractivity (Wildman–Crippen MR) is 112 cm³/mol. The van der Waals surface area contributed by atoms with Crippen LogP contribution in [0.15, 0.2) is 72.8 Å². The number of anilines is 1.